The predicted molar refractivity (Wildman–Crippen MR) is 79.0 cm³/mol. The average molecular weight is 256 g/mol. The van der Waals surface area contributed by atoms with E-state index in [4.69, 9.17) is 0 Å². The molecular weight excluding hydrogens is 242 g/mol. The summed E-state index contributed by atoms with van der Waals surface area (Å²) in [6.45, 7) is 0. The molecule has 0 aliphatic rings. The van der Waals surface area contributed by atoms with Crippen molar-refractivity contribution in [3.8, 4) is 0 Å². The first-order chi connectivity index (χ1) is 8.74. The first kappa shape index (κ1) is 12.5. The monoisotopic (exact) mass is 256 g/mol. The SMILES string of the molecule is O=C(/C=C/c1ccccc1)Nc1ccc([SH2+])cc1. The molecule has 0 bridgehead atoms. The van der Waals surface area contributed by atoms with Crippen molar-refractivity contribution < 1.29 is 4.79 Å². The molecule has 0 fully saturated rings. The average Bonchev–Trinajstić information content (AvgIpc) is 2.40. The molecule has 18 heavy (non-hydrogen) atoms. The molecule has 0 heterocycles. The summed E-state index contributed by atoms with van der Waals surface area (Å²) < 4.78 is 0. The number of hydrogen-bond donors (Lipinski definition) is 1. The third kappa shape index (κ3) is 3.79. The van der Waals surface area contributed by atoms with E-state index in [-0.39, 0.29) is 5.91 Å². The first-order valence-electron chi connectivity index (χ1n) is 5.60. The van der Waals surface area contributed by atoms with Gasteiger partial charge in [0.25, 0.3) is 0 Å². The normalized spacial score (nSPS) is 10.5. The summed E-state index contributed by atoms with van der Waals surface area (Å²) in [6, 6.07) is 17.2. The topological polar surface area (TPSA) is 29.1 Å². The maximum Gasteiger partial charge on any atom is 0.248 e. The zero-order valence-corrected chi connectivity index (χ0v) is 10.8. The Bertz CT molecular complexity index is 546. The molecule has 90 valence electrons. The number of anilines is 1. The van der Waals surface area contributed by atoms with Gasteiger partial charge in [0.15, 0.2) is 0 Å². The van der Waals surface area contributed by atoms with Gasteiger partial charge in [-0.3, -0.25) is 4.79 Å². The highest BCUT2D eigenvalue weighted by Crippen LogP contribution is 2.09. The van der Waals surface area contributed by atoms with Gasteiger partial charge in [0.05, 0.1) is 0 Å². The minimum absolute atomic E-state index is 0.138. The largest absolute Gasteiger partial charge is 0.323 e. The minimum Gasteiger partial charge on any atom is -0.323 e. The fraction of sp³-hybridized carbons (Fsp3) is 0. The van der Waals surface area contributed by atoms with Gasteiger partial charge in [-0.2, -0.15) is 0 Å². The van der Waals surface area contributed by atoms with Crippen LogP contribution in [0.4, 0.5) is 5.69 Å². The lowest BCUT2D eigenvalue weighted by atomic mass is 10.2. The lowest BCUT2D eigenvalue weighted by Crippen LogP contribution is -2.07. The van der Waals surface area contributed by atoms with E-state index in [1.165, 1.54) is 6.08 Å². The van der Waals surface area contributed by atoms with Crippen LogP contribution in [0.5, 0.6) is 0 Å². The predicted octanol–water partition coefficient (Wildman–Crippen LogP) is 2.71. The Hall–Kier alpha value is -2.00. The third-order valence-corrected chi connectivity index (χ3v) is 2.71. The van der Waals surface area contributed by atoms with Gasteiger partial charge in [-0.15, -0.1) is 0 Å². The van der Waals surface area contributed by atoms with Crippen molar-refractivity contribution in [2.24, 2.45) is 0 Å². The van der Waals surface area contributed by atoms with Crippen molar-refractivity contribution in [3.63, 3.8) is 0 Å². The Morgan fingerprint density at radius 3 is 2.33 bits per heavy atom. The Morgan fingerprint density at radius 2 is 1.67 bits per heavy atom. The van der Waals surface area contributed by atoms with Crippen LogP contribution in [-0.2, 0) is 17.4 Å². The van der Waals surface area contributed by atoms with Crippen LogP contribution in [0.25, 0.3) is 6.08 Å². The zero-order chi connectivity index (χ0) is 12.8. The molecule has 0 atom stereocenters. The van der Waals surface area contributed by atoms with Crippen LogP contribution in [0.1, 0.15) is 5.56 Å². The summed E-state index contributed by atoms with van der Waals surface area (Å²) in [6.07, 6.45) is 3.31. The summed E-state index contributed by atoms with van der Waals surface area (Å²) in [5, 5.41) is 2.79. The zero-order valence-electron chi connectivity index (χ0n) is 9.76. The van der Waals surface area contributed by atoms with Gasteiger partial charge in [0.2, 0.25) is 5.91 Å². The number of carbonyl (C=O) groups is 1. The fourth-order valence-corrected chi connectivity index (χ4v) is 1.64. The molecule has 3 heteroatoms. The molecule has 1 N–H and O–H groups in total. The van der Waals surface area contributed by atoms with Crippen molar-refractivity contribution in [1.29, 1.82) is 0 Å². The van der Waals surface area contributed by atoms with Crippen LogP contribution in [0.15, 0.2) is 65.6 Å². The molecule has 2 rings (SSSR count). The fourth-order valence-electron chi connectivity index (χ4n) is 1.47. The van der Waals surface area contributed by atoms with Gasteiger partial charge in [0, 0.05) is 11.8 Å². The Kier molecular flexibility index (Phi) is 4.20. The lowest BCUT2D eigenvalue weighted by Gasteiger charge is -2.00. The summed E-state index contributed by atoms with van der Waals surface area (Å²) in [5.74, 6) is -0.138. The second kappa shape index (κ2) is 6.07. The Morgan fingerprint density at radius 1 is 1.00 bits per heavy atom. The molecule has 0 aliphatic heterocycles. The van der Waals surface area contributed by atoms with Gasteiger partial charge in [-0.1, -0.05) is 30.3 Å². The molecular formula is C15H14NOS+. The molecule has 2 aromatic rings. The molecule has 0 aromatic heterocycles. The van der Waals surface area contributed by atoms with Crippen LogP contribution >= 0.6 is 0 Å². The molecule has 0 radical (unpaired) electrons. The van der Waals surface area contributed by atoms with Gasteiger partial charge >= 0.3 is 0 Å². The molecule has 2 nitrogen and oxygen atoms in total. The lowest BCUT2D eigenvalue weighted by molar-refractivity contribution is -0.111. The van der Waals surface area contributed by atoms with E-state index in [1.54, 1.807) is 6.08 Å². The van der Waals surface area contributed by atoms with Crippen molar-refractivity contribution in [3.05, 3.63) is 66.2 Å². The molecule has 2 aromatic carbocycles. The van der Waals surface area contributed by atoms with E-state index >= 15 is 0 Å². The Labute approximate surface area is 112 Å². The van der Waals surface area contributed by atoms with Gasteiger partial charge in [0.1, 0.15) is 4.90 Å². The van der Waals surface area contributed by atoms with Crippen LogP contribution in [0, 0.1) is 0 Å². The maximum absolute atomic E-state index is 11.7. The van der Waals surface area contributed by atoms with Crippen LogP contribution in [-0.4, -0.2) is 5.91 Å². The van der Waals surface area contributed by atoms with Crippen LogP contribution in [0.3, 0.4) is 0 Å². The smallest absolute Gasteiger partial charge is 0.248 e. The Balaban J connectivity index is 1.97. The van der Waals surface area contributed by atoms with Crippen LogP contribution < -0.4 is 5.32 Å². The van der Waals surface area contributed by atoms with Gasteiger partial charge in [-0.05, 0) is 48.5 Å². The van der Waals surface area contributed by atoms with E-state index in [2.05, 4.69) is 17.9 Å². The number of amides is 1. The highest BCUT2D eigenvalue weighted by Gasteiger charge is 1.98. The standard InChI is InChI=1S/C15H13NOS/c17-15(11-6-12-4-2-1-3-5-12)16-13-7-9-14(18)10-8-13/h1-11,18H,(H,16,17)/p+1/b11-6+. The van der Waals surface area contributed by atoms with Crippen LogP contribution in [0.2, 0.25) is 0 Å². The van der Waals surface area contributed by atoms with Crippen molar-refractivity contribution in [1.82, 2.24) is 0 Å². The van der Waals surface area contributed by atoms with E-state index in [9.17, 15) is 4.79 Å². The van der Waals surface area contributed by atoms with Crippen molar-refractivity contribution in [2.45, 2.75) is 4.90 Å². The quantitative estimate of drug-likeness (QED) is 0.664. The second-order valence-electron chi connectivity index (χ2n) is 3.81. The van der Waals surface area contributed by atoms with E-state index in [0.29, 0.717) is 0 Å². The first-order valence-corrected chi connectivity index (χ1v) is 6.10. The molecule has 0 saturated heterocycles. The number of carbonyl (C=O) groups excluding carboxylic acids is 1. The van der Waals surface area contributed by atoms with Gasteiger partial charge < -0.3 is 5.32 Å². The van der Waals surface area contributed by atoms with Crippen molar-refractivity contribution in [2.75, 3.05) is 5.32 Å². The number of benzene rings is 2. The van der Waals surface area contributed by atoms with Crippen molar-refractivity contribution >= 4 is 30.3 Å². The van der Waals surface area contributed by atoms with E-state index in [0.717, 1.165) is 16.1 Å². The summed E-state index contributed by atoms with van der Waals surface area (Å²) >= 11 is 3.40. The third-order valence-electron chi connectivity index (χ3n) is 2.38. The minimum atomic E-state index is -0.138. The molecule has 0 unspecified atom stereocenters. The number of nitrogens with one attached hydrogen (secondary N) is 1. The molecule has 0 aliphatic carbocycles. The summed E-state index contributed by atoms with van der Waals surface area (Å²) in [7, 11) is 0. The molecule has 0 spiro atoms. The molecule has 1 amide bonds. The van der Waals surface area contributed by atoms with E-state index in [1.807, 2.05) is 54.6 Å². The van der Waals surface area contributed by atoms with Gasteiger partial charge in [-0.25, -0.2) is 0 Å². The summed E-state index contributed by atoms with van der Waals surface area (Å²) in [4.78, 5) is 12.6. The van der Waals surface area contributed by atoms with E-state index < -0.39 is 0 Å². The number of rotatable bonds is 3. The highest BCUT2D eigenvalue weighted by molar-refractivity contribution is 7.58. The highest BCUT2D eigenvalue weighted by atomic mass is 32.1. The maximum atomic E-state index is 11.7. The second-order valence-corrected chi connectivity index (χ2v) is 4.39. The summed E-state index contributed by atoms with van der Waals surface area (Å²) in [5.41, 5.74) is 1.78. The number of hydrogen-bond acceptors (Lipinski definition) is 1. The molecule has 0 saturated carbocycles.